The van der Waals surface area contributed by atoms with Crippen molar-refractivity contribution in [3.05, 3.63) is 12.4 Å². The van der Waals surface area contributed by atoms with E-state index in [1.165, 1.54) is 0 Å². The topological polar surface area (TPSA) is 147 Å². The molecule has 2 aliphatic rings. The number of amides is 1. The first-order valence-electron chi connectivity index (χ1n) is 8.03. The quantitative estimate of drug-likeness (QED) is 0.409. The van der Waals surface area contributed by atoms with E-state index >= 15 is 0 Å². The number of carbonyl (C=O) groups is 2. The van der Waals surface area contributed by atoms with Crippen molar-refractivity contribution in [2.45, 2.75) is 50.8 Å². The molecule has 1 fully saturated rings. The van der Waals surface area contributed by atoms with Gasteiger partial charge in [0.05, 0.1) is 0 Å². The molecule has 0 aromatic carbocycles. The van der Waals surface area contributed by atoms with Crippen molar-refractivity contribution in [3.63, 3.8) is 0 Å². The first-order chi connectivity index (χ1) is 11.8. The minimum Gasteiger partial charge on any atom is -0.462 e. The molecule has 5 N–H and O–H groups in total. The van der Waals surface area contributed by atoms with Gasteiger partial charge in [0, 0.05) is 0 Å². The molecule has 1 saturated heterocycles. The zero-order chi connectivity index (χ0) is 18.7. The van der Waals surface area contributed by atoms with E-state index in [0.717, 1.165) is 17.6 Å². The van der Waals surface area contributed by atoms with Crippen LogP contribution in [-0.4, -0.2) is 70.5 Å². The number of aliphatic hydroxyl groups is 2. The molecule has 140 valence electrons. The number of nitrogens with zero attached hydrogens (tertiary/aromatic N) is 2. The van der Waals surface area contributed by atoms with Crippen LogP contribution in [0.5, 0.6) is 0 Å². The molecule has 10 nitrogen and oxygen atoms in total. The van der Waals surface area contributed by atoms with E-state index in [4.69, 9.17) is 15.2 Å². The molecule has 2 heterocycles. The molecule has 0 bridgehead atoms. The zero-order valence-electron chi connectivity index (χ0n) is 14.2. The molecule has 0 aromatic rings. The Morgan fingerprint density at radius 1 is 1.56 bits per heavy atom. The van der Waals surface area contributed by atoms with Crippen molar-refractivity contribution in [2.75, 3.05) is 6.61 Å². The number of hydrazone groups is 1. The highest BCUT2D eigenvalue weighted by atomic mass is 16.6. The summed E-state index contributed by atoms with van der Waals surface area (Å²) in [6.45, 7) is 7.08. The fourth-order valence-corrected chi connectivity index (χ4v) is 2.45. The molecule has 0 radical (unpaired) electrons. The molecule has 6 atom stereocenters. The number of nitrogens with one attached hydrogen (secondary N) is 1. The highest BCUT2D eigenvalue weighted by Crippen LogP contribution is 2.27. The third kappa shape index (κ3) is 4.15. The third-order valence-electron chi connectivity index (χ3n) is 4.34. The second-order valence-electron chi connectivity index (χ2n) is 6.11. The van der Waals surface area contributed by atoms with Crippen LogP contribution in [0.25, 0.3) is 0 Å². The number of aliphatic hydroxyl groups excluding tert-OH is 2. The van der Waals surface area contributed by atoms with E-state index in [-0.39, 0.29) is 18.3 Å². The van der Waals surface area contributed by atoms with E-state index in [1.54, 1.807) is 0 Å². The number of hydrogen-bond acceptors (Lipinski definition) is 9. The van der Waals surface area contributed by atoms with Crippen molar-refractivity contribution < 1.29 is 29.3 Å². The van der Waals surface area contributed by atoms with E-state index in [9.17, 15) is 19.8 Å². The summed E-state index contributed by atoms with van der Waals surface area (Å²) in [5, 5.41) is 27.6. The van der Waals surface area contributed by atoms with Crippen LogP contribution in [-0.2, 0) is 19.1 Å². The summed E-state index contributed by atoms with van der Waals surface area (Å²) in [7, 11) is 0. The summed E-state index contributed by atoms with van der Waals surface area (Å²) >= 11 is 0. The van der Waals surface area contributed by atoms with Crippen molar-refractivity contribution in [1.29, 1.82) is 0 Å². The minimum absolute atomic E-state index is 0.0464. The summed E-state index contributed by atoms with van der Waals surface area (Å²) < 4.78 is 10.6. The Kier molecular flexibility index (Phi) is 6.11. The molecular formula is C15H24N4O6. The van der Waals surface area contributed by atoms with Crippen LogP contribution in [0.4, 0.5) is 0 Å². The van der Waals surface area contributed by atoms with Crippen LogP contribution < -0.4 is 11.1 Å². The molecule has 0 aromatic heterocycles. The molecule has 1 unspecified atom stereocenters. The maximum absolute atomic E-state index is 11.9. The van der Waals surface area contributed by atoms with Crippen molar-refractivity contribution in [2.24, 2.45) is 16.8 Å². The van der Waals surface area contributed by atoms with Crippen LogP contribution >= 0.6 is 0 Å². The van der Waals surface area contributed by atoms with Gasteiger partial charge in [-0.25, -0.2) is 5.01 Å². The van der Waals surface area contributed by atoms with Gasteiger partial charge in [-0.15, -0.1) is 0 Å². The van der Waals surface area contributed by atoms with Gasteiger partial charge >= 0.3 is 5.97 Å². The third-order valence-corrected chi connectivity index (χ3v) is 4.34. The van der Waals surface area contributed by atoms with Gasteiger partial charge in [-0.1, -0.05) is 26.8 Å². The molecule has 0 spiro atoms. The molecule has 0 aliphatic carbocycles. The van der Waals surface area contributed by atoms with E-state index < -0.39 is 42.5 Å². The minimum atomic E-state index is -1.34. The molecule has 2 aliphatic heterocycles. The maximum atomic E-state index is 11.9. The van der Waals surface area contributed by atoms with Crippen LogP contribution in [0.1, 0.15) is 20.3 Å². The fourth-order valence-electron chi connectivity index (χ4n) is 2.45. The SMILES string of the molecule is C=C1NC(=O)C=NN1[C@@H]1O[C@H](COC(=O)[C@@H](N)[C@@H](C)CC)C(O)[C@@H]1O. The van der Waals surface area contributed by atoms with Crippen LogP contribution in [0.15, 0.2) is 17.5 Å². The van der Waals surface area contributed by atoms with Gasteiger partial charge < -0.3 is 30.7 Å². The molecule has 10 heteroatoms. The maximum Gasteiger partial charge on any atom is 0.323 e. The highest BCUT2D eigenvalue weighted by Gasteiger charge is 2.47. The zero-order valence-corrected chi connectivity index (χ0v) is 14.2. The normalized spacial score (nSPS) is 31.6. The number of carbonyl (C=O) groups excluding carboxylic acids is 2. The Bertz CT molecular complexity index is 568. The number of nitrogens with two attached hydrogens (primary N) is 1. The Morgan fingerprint density at radius 2 is 2.24 bits per heavy atom. The van der Waals surface area contributed by atoms with E-state index in [0.29, 0.717) is 0 Å². The van der Waals surface area contributed by atoms with Gasteiger partial charge in [-0.3, -0.25) is 9.59 Å². The number of esters is 1. The second kappa shape index (κ2) is 7.91. The van der Waals surface area contributed by atoms with Crippen LogP contribution in [0.3, 0.4) is 0 Å². The summed E-state index contributed by atoms with van der Waals surface area (Å²) in [5.74, 6) is -1.01. The van der Waals surface area contributed by atoms with Crippen molar-refractivity contribution in [3.8, 4) is 0 Å². The Balaban J connectivity index is 1.96. The highest BCUT2D eigenvalue weighted by molar-refractivity contribution is 6.27. The molecule has 1 amide bonds. The van der Waals surface area contributed by atoms with Crippen molar-refractivity contribution >= 4 is 18.1 Å². The largest absolute Gasteiger partial charge is 0.462 e. The lowest BCUT2D eigenvalue weighted by Gasteiger charge is -2.30. The first-order valence-corrected chi connectivity index (χ1v) is 8.03. The first kappa shape index (κ1) is 19.3. The Morgan fingerprint density at radius 3 is 2.84 bits per heavy atom. The summed E-state index contributed by atoms with van der Waals surface area (Å²) in [6, 6.07) is -0.772. The Hall–Kier alpha value is -2.01. The summed E-state index contributed by atoms with van der Waals surface area (Å²) in [5.41, 5.74) is 5.79. The summed E-state index contributed by atoms with van der Waals surface area (Å²) in [6.07, 6.45) is -2.97. The number of rotatable bonds is 6. The average molecular weight is 356 g/mol. The standard InChI is InChI=1S/C15H24N4O6/c1-4-7(2)11(16)15(23)24-6-9-12(21)13(22)14(25-9)19-8(3)18-10(20)5-17-19/h5,7,9,11-14,21-22H,3-4,6,16H2,1-2H3,(H,18,20)/t7-,9+,11-,12?,13-,14+/m0/s1. The Labute approximate surface area is 145 Å². The van der Waals surface area contributed by atoms with Gasteiger partial charge in [0.2, 0.25) is 0 Å². The average Bonchev–Trinajstić information content (AvgIpc) is 2.86. The van der Waals surface area contributed by atoms with Gasteiger partial charge in [0.15, 0.2) is 6.23 Å². The molecular weight excluding hydrogens is 332 g/mol. The monoisotopic (exact) mass is 356 g/mol. The lowest BCUT2D eigenvalue weighted by Crippen LogP contribution is -2.47. The number of hydrogen-bond donors (Lipinski definition) is 4. The lowest BCUT2D eigenvalue weighted by molar-refractivity contribution is -0.154. The lowest BCUT2D eigenvalue weighted by atomic mass is 10.0. The van der Waals surface area contributed by atoms with Gasteiger partial charge in [-0.05, 0) is 5.92 Å². The molecule has 0 saturated carbocycles. The molecule has 25 heavy (non-hydrogen) atoms. The predicted molar refractivity (Wildman–Crippen MR) is 86.7 cm³/mol. The van der Waals surface area contributed by atoms with Gasteiger partial charge in [0.25, 0.3) is 5.91 Å². The predicted octanol–water partition coefficient (Wildman–Crippen LogP) is -1.76. The van der Waals surface area contributed by atoms with Crippen LogP contribution in [0.2, 0.25) is 0 Å². The van der Waals surface area contributed by atoms with E-state index in [1.807, 2.05) is 13.8 Å². The van der Waals surface area contributed by atoms with Gasteiger partial charge in [0.1, 0.15) is 43.0 Å². The number of ether oxygens (including phenoxy) is 2. The summed E-state index contributed by atoms with van der Waals surface area (Å²) in [4.78, 5) is 23.1. The van der Waals surface area contributed by atoms with Gasteiger partial charge in [-0.2, -0.15) is 5.10 Å². The second-order valence-corrected chi connectivity index (χ2v) is 6.11. The van der Waals surface area contributed by atoms with Crippen LogP contribution in [0, 0.1) is 5.92 Å². The molecule has 2 rings (SSSR count). The smallest absolute Gasteiger partial charge is 0.323 e. The van der Waals surface area contributed by atoms with E-state index in [2.05, 4.69) is 17.0 Å². The fraction of sp³-hybridized carbons (Fsp3) is 0.667. The van der Waals surface area contributed by atoms with Crippen molar-refractivity contribution in [1.82, 2.24) is 10.3 Å².